The van der Waals surface area contributed by atoms with Gasteiger partial charge in [-0.1, -0.05) is 12.1 Å². The number of amides is 2. The number of nitrogens with one attached hydrogen (secondary N) is 1. The SMILES string of the molecule is Cc1ccc(C)c(N2CC(C(=O)Nc3ccc(C#N)cc3)CC2=O)c1. The summed E-state index contributed by atoms with van der Waals surface area (Å²) in [5.74, 6) is -0.595. The summed E-state index contributed by atoms with van der Waals surface area (Å²) in [6.45, 7) is 4.33. The van der Waals surface area contributed by atoms with Crippen LogP contribution in [0.1, 0.15) is 23.1 Å². The number of carbonyl (C=O) groups is 2. The molecule has 1 aliphatic rings. The van der Waals surface area contributed by atoms with Gasteiger partial charge in [-0.25, -0.2) is 0 Å². The summed E-state index contributed by atoms with van der Waals surface area (Å²) in [4.78, 5) is 26.6. The first-order chi connectivity index (χ1) is 12.0. The summed E-state index contributed by atoms with van der Waals surface area (Å²) in [5.41, 5.74) is 4.14. The van der Waals surface area contributed by atoms with Crippen LogP contribution in [0, 0.1) is 31.1 Å². The molecule has 0 spiro atoms. The van der Waals surface area contributed by atoms with Crippen LogP contribution >= 0.6 is 0 Å². The van der Waals surface area contributed by atoms with Crippen LogP contribution in [0.15, 0.2) is 42.5 Å². The Kier molecular flexibility index (Phi) is 4.53. The van der Waals surface area contributed by atoms with Crippen molar-refractivity contribution < 1.29 is 9.59 Å². The third kappa shape index (κ3) is 3.53. The Morgan fingerprint density at radius 2 is 1.92 bits per heavy atom. The second kappa shape index (κ2) is 6.78. The van der Waals surface area contributed by atoms with Crippen LogP contribution in [0.5, 0.6) is 0 Å². The summed E-state index contributed by atoms with van der Waals surface area (Å²) in [7, 11) is 0. The molecule has 3 rings (SSSR count). The molecule has 0 aromatic heterocycles. The summed E-state index contributed by atoms with van der Waals surface area (Å²) >= 11 is 0. The van der Waals surface area contributed by atoms with Gasteiger partial charge in [-0.15, -0.1) is 0 Å². The predicted octanol–water partition coefficient (Wildman–Crippen LogP) is 3.17. The lowest BCUT2D eigenvalue weighted by Gasteiger charge is -2.19. The van der Waals surface area contributed by atoms with Gasteiger partial charge in [0.15, 0.2) is 0 Å². The van der Waals surface area contributed by atoms with E-state index in [0.717, 1.165) is 16.8 Å². The number of hydrogen-bond acceptors (Lipinski definition) is 3. The minimum Gasteiger partial charge on any atom is -0.326 e. The van der Waals surface area contributed by atoms with Crippen molar-refractivity contribution in [2.24, 2.45) is 5.92 Å². The highest BCUT2D eigenvalue weighted by atomic mass is 16.2. The molecule has 5 heteroatoms. The van der Waals surface area contributed by atoms with Crippen LogP contribution in [0.4, 0.5) is 11.4 Å². The van der Waals surface area contributed by atoms with Crippen molar-refractivity contribution in [2.45, 2.75) is 20.3 Å². The molecule has 1 N–H and O–H groups in total. The van der Waals surface area contributed by atoms with Crippen molar-refractivity contribution in [3.8, 4) is 6.07 Å². The second-order valence-electron chi connectivity index (χ2n) is 6.37. The van der Waals surface area contributed by atoms with Gasteiger partial charge >= 0.3 is 0 Å². The van der Waals surface area contributed by atoms with E-state index in [9.17, 15) is 9.59 Å². The van der Waals surface area contributed by atoms with Crippen molar-refractivity contribution >= 4 is 23.2 Å². The number of aryl methyl sites for hydroxylation is 2. The number of benzene rings is 2. The Bertz CT molecular complexity index is 866. The maximum atomic E-state index is 12.5. The fraction of sp³-hybridized carbons (Fsp3) is 0.250. The predicted molar refractivity (Wildman–Crippen MR) is 96.2 cm³/mol. The van der Waals surface area contributed by atoms with E-state index in [1.54, 1.807) is 29.2 Å². The number of rotatable bonds is 3. The molecule has 1 fully saturated rings. The number of hydrogen-bond donors (Lipinski definition) is 1. The molecular formula is C20H19N3O2. The van der Waals surface area contributed by atoms with E-state index in [-0.39, 0.29) is 24.2 Å². The van der Waals surface area contributed by atoms with E-state index in [2.05, 4.69) is 5.32 Å². The maximum absolute atomic E-state index is 12.5. The van der Waals surface area contributed by atoms with Crippen LogP contribution in [-0.4, -0.2) is 18.4 Å². The molecule has 5 nitrogen and oxygen atoms in total. The summed E-state index contributed by atoms with van der Waals surface area (Å²) < 4.78 is 0. The van der Waals surface area contributed by atoms with Crippen LogP contribution in [0.3, 0.4) is 0 Å². The van der Waals surface area contributed by atoms with Gasteiger partial charge in [0.25, 0.3) is 0 Å². The lowest BCUT2D eigenvalue weighted by Crippen LogP contribution is -2.28. The normalized spacial score (nSPS) is 16.6. The molecule has 1 unspecified atom stereocenters. The molecule has 0 aliphatic carbocycles. The summed E-state index contributed by atoms with van der Waals surface area (Å²) in [5, 5.41) is 11.6. The molecule has 0 saturated carbocycles. The third-order valence-electron chi connectivity index (χ3n) is 4.43. The standard InChI is InChI=1S/C20H19N3O2/c1-13-3-4-14(2)18(9-13)23-12-16(10-19(23)24)20(25)22-17-7-5-15(11-21)6-8-17/h3-9,16H,10,12H2,1-2H3,(H,22,25). The second-order valence-corrected chi connectivity index (χ2v) is 6.37. The molecule has 1 saturated heterocycles. The average molecular weight is 333 g/mol. The van der Waals surface area contributed by atoms with Crippen molar-refractivity contribution in [1.29, 1.82) is 5.26 Å². The van der Waals surface area contributed by atoms with Crippen LogP contribution < -0.4 is 10.2 Å². The molecule has 1 aliphatic heterocycles. The Hall–Kier alpha value is -3.13. The molecule has 1 atom stereocenters. The maximum Gasteiger partial charge on any atom is 0.229 e. The highest BCUT2D eigenvalue weighted by Crippen LogP contribution is 2.29. The highest BCUT2D eigenvalue weighted by Gasteiger charge is 2.35. The van der Waals surface area contributed by atoms with Gasteiger partial charge in [0.2, 0.25) is 11.8 Å². The molecule has 126 valence electrons. The first-order valence-electron chi connectivity index (χ1n) is 8.16. The number of nitrogens with zero attached hydrogens (tertiary/aromatic N) is 2. The van der Waals surface area contributed by atoms with Crippen molar-refractivity contribution in [2.75, 3.05) is 16.8 Å². The third-order valence-corrected chi connectivity index (χ3v) is 4.43. The van der Waals surface area contributed by atoms with Crippen LogP contribution in [-0.2, 0) is 9.59 Å². The molecule has 2 aromatic carbocycles. The topological polar surface area (TPSA) is 73.2 Å². The van der Waals surface area contributed by atoms with Gasteiger partial charge in [0.05, 0.1) is 17.6 Å². The zero-order chi connectivity index (χ0) is 18.0. The van der Waals surface area contributed by atoms with E-state index in [4.69, 9.17) is 5.26 Å². The lowest BCUT2D eigenvalue weighted by atomic mass is 10.1. The van der Waals surface area contributed by atoms with Gasteiger partial charge in [-0.05, 0) is 55.3 Å². The van der Waals surface area contributed by atoms with Gasteiger partial charge < -0.3 is 10.2 Å². The largest absolute Gasteiger partial charge is 0.326 e. The Labute approximate surface area is 146 Å². The van der Waals surface area contributed by atoms with Crippen molar-refractivity contribution in [3.63, 3.8) is 0 Å². The van der Waals surface area contributed by atoms with E-state index in [1.807, 2.05) is 38.1 Å². The minimum atomic E-state index is -0.386. The lowest BCUT2D eigenvalue weighted by molar-refractivity contribution is -0.122. The van der Waals surface area contributed by atoms with Gasteiger partial charge in [-0.3, -0.25) is 9.59 Å². The molecule has 0 bridgehead atoms. The van der Waals surface area contributed by atoms with Gasteiger partial charge in [-0.2, -0.15) is 5.26 Å². The first kappa shape index (κ1) is 16.7. The Balaban J connectivity index is 1.72. The van der Waals surface area contributed by atoms with Crippen LogP contribution in [0.25, 0.3) is 0 Å². The van der Waals surface area contributed by atoms with Crippen molar-refractivity contribution in [1.82, 2.24) is 0 Å². The van der Waals surface area contributed by atoms with Crippen LogP contribution in [0.2, 0.25) is 0 Å². The van der Waals surface area contributed by atoms with Gasteiger partial charge in [0.1, 0.15) is 0 Å². The first-order valence-corrected chi connectivity index (χ1v) is 8.16. The minimum absolute atomic E-state index is 0.0336. The van der Waals surface area contributed by atoms with Gasteiger partial charge in [0, 0.05) is 24.3 Å². The molecule has 1 heterocycles. The Morgan fingerprint density at radius 1 is 1.20 bits per heavy atom. The van der Waals surface area contributed by atoms with E-state index in [0.29, 0.717) is 17.8 Å². The number of carbonyl (C=O) groups excluding carboxylic acids is 2. The monoisotopic (exact) mass is 333 g/mol. The molecule has 0 radical (unpaired) electrons. The fourth-order valence-corrected chi connectivity index (χ4v) is 3.00. The average Bonchev–Trinajstić information content (AvgIpc) is 2.99. The Morgan fingerprint density at radius 3 is 2.60 bits per heavy atom. The zero-order valence-corrected chi connectivity index (χ0v) is 14.2. The molecular weight excluding hydrogens is 314 g/mol. The van der Waals surface area contributed by atoms with E-state index in [1.165, 1.54) is 0 Å². The van der Waals surface area contributed by atoms with E-state index >= 15 is 0 Å². The highest BCUT2D eigenvalue weighted by molar-refractivity contribution is 6.03. The van der Waals surface area contributed by atoms with E-state index < -0.39 is 0 Å². The molecule has 2 aromatic rings. The number of anilines is 2. The molecule has 25 heavy (non-hydrogen) atoms. The quantitative estimate of drug-likeness (QED) is 0.937. The van der Waals surface area contributed by atoms with Crippen molar-refractivity contribution in [3.05, 3.63) is 59.2 Å². The summed E-state index contributed by atoms with van der Waals surface area (Å²) in [6.07, 6.45) is 0.204. The smallest absolute Gasteiger partial charge is 0.229 e. The number of nitriles is 1. The molecule has 2 amide bonds. The summed E-state index contributed by atoms with van der Waals surface area (Å²) in [6, 6.07) is 14.7. The zero-order valence-electron chi connectivity index (χ0n) is 14.2. The fourth-order valence-electron chi connectivity index (χ4n) is 3.00.